The standard InChI is InChI=1S/C19H18BrN3O2/c1-2-3-11-23-19(25)16-10-5-4-9-15(16)17(22-23)18(24)21-14-8-6-7-13(20)12-14/h4-10,12H,2-3,11H2,1H3,(H,21,24). The number of unbranched alkanes of at least 4 members (excludes halogenated alkanes) is 1. The summed E-state index contributed by atoms with van der Waals surface area (Å²) < 4.78 is 2.26. The first-order valence-electron chi connectivity index (χ1n) is 8.17. The number of halogens is 1. The van der Waals surface area contributed by atoms with E-state index in [9.17, 15) is 9.59 Å². The number of rotatable bonds is 5. The van der Waals surface area contributed by atoms with Crippen LogP contribution in [-0.2, 0) is 6.54 Å². The van der Waals surface area contributed by atoms with Crippen molar-refractivity contribution in [1.29, 1.82) is 0 Å². The summed E-state index contributed by atoms with van der Waals surface area (Å²) in [7, 11) is 0. The maximum Gasteiger partial charge on any atom is 0.276 e. The Morgan fingerprint density at radius 1 is 1.16 bits per heavy atom. The van der Waals surface area contributed by atoms with Crippen LogP contribution in [-0.4, -0.2) is 15.7 Å². The molecular weight excluding hydrogens is 382 g/mol. The van der Waals surface area contributed by atoms with Gasteiger partial charge >= 0.3 is 0 Å². The second-order valence-corrected chi connectivity index (χ2v) is 6.66. The predicted octanol–water partition coefficient (Wildman–Crippen LogP) is 4.21. The number of hydrogen-bond acceptors (Lipinski definition) is 3. The van der Waals surface area contributed by atoms with Crippen LogP contribution in [0.4, 0.5) is 5.69 Å². The van der Waals surface area contributed by atoms with Crippen molar-refractivity contribution >= 4 is 38.3 Å². The van der Waals surface area contributed by atoms with Gasteiger partial charge in [-0.3, -0.25) is 9.59 Å². The van der Waals surface area contributed by atoms with Gasteiger partial charge in [-0.25, -0.2) is 4.68 Å². The first-order chi connectivity index (χ1) is 12.1. The van der Waals surface area contributed by atoms with Crippen molar-refractivity contribution in [3.8, 4) is 0 Å². The van der Waals surface area contributed by atoms with E-state index in [1.165, 1.54) is 4.68 Å². The number of anilines is 1. The zero-order valence-electron chi connectivity index (χ0n) is 13.8. The van der Waals surface area contributed by atoms with Crippen molar-refractivity contribution in [3.63, 3.8) is 0 Å². The van der Waals surface area contributed by atoms with E-state index in [2.05, 4.69) is 26.3 Å². The molecule has 5 nitrogen and oxygen atoms in total. The molecule has 0 aliphatic carbocycles. The van der Waals surface area contributed by atoms with Crippen LogP contribution in [0.1, 0.15) is 30.3 Å². The van der Waals surface area contributed by atoms with Gasteiger partial charge in [-0.05, 0) is 30.7 Å². The lowest BCUT2D eigenvalue weighted by Crippen LogP contribution is -2.27. The van der Waals surface area contributed by atoms with E-state index in [0.717, 1.165) is 17.3 Å². The molecule has 3 rings (SSSR count). The summed E-state index contributed by atoms with van der Waals surface area (Å²) >= 11 is 3.39. The fourth-order valence-electron chi connectivity index (χ4n) is 2.62. The minimum absolute atomic E-state index is 0.164. The highest BCUT2D eigenvalue weighted by Gasteiger charge is 2.16. The summed E-state index contributed by atoms with van der Waals surface area (Å²) in [5.74, 6) is -0.334. The number of aryl methyl sites for hydroxylation is 1. The van der Waals surface area contributed by atoms with E-state index in [1.54, 1.807) is 30.3 Å². The van der Waals surface area contributed by atoms with Gasteiger partial charge in [0, 0.05) is 22.1 Å². The van der Waals surface area contributed by atoms with Crippen molar-refractivity contribution in [2.75, 3.05) is 5.32 Å². The molecule has 0 saturated carbocycles. The van der Waals surface area contributed by atoms with Crippen molar-refractivity contribution in [2.24, 2.45) is 0 Å². The molecule has 0 fully saturated rings. The normalized spacial score (nSPS) is 10.8. The number of aromatic nitrogens is 2. The van der Waals surface area contributed by atoms with Gasteiger partial charge in [-0.15, -0.1) is 0 Å². The molecule has 0 atom stereocenters. The lowest BCUT2D eigenvalue weighted by Gasteiger charge is -2.11. The molecule has 2 aromatic carbocycles. The summed E-state index contributed by atoms with van der Waals surface area (Å²) in [5.41, 5.74) is 0.755. The number of fused-ring (bicyclic) bond motifs is 1. The van der Waals surface area contributed by atoms with E-state index in [-0.39, 0.29) is 17.2 Å². The highest BCUT2D eigenvalue weighted by molar-refractivity contribution is 9.10. The number of benzene rings is 2. The number of carbonyl (C=O) groups excluding carboxylic acids is 1. The van der Waals surface area contributed by atoms with Crippen LogP contribution in [0.25, 0.3) is 10.8 Å². The van der Waals surface area contributed by atoms with Crippen molar-refractivity contribution in [3.05, 3.63) is 69.1 Å². The van der Waals surface area contributed by atoms with Gasteiger partial charge < -0.3 is 5.32 Å². The molecule has 1 aromatic heterocycles. The van der Waals surface area contributed by atoms with E-state index >= 15 is 0 Å². The van der Waals surface area contributed by atoms with Gasteiger partial charge in [-0.2, -0.15) is 5.10 Å². The van der Waals surface area contributed by atoms with Crippen LogP contribution in [0.2, 0.25) is 0 Å². The smallest absolute Gasteiger partial charge is 0.276 e. The summed E-state index contributed by atoms with van der Waals surface area (Å²) in [6, 6.07) is 14.4. The Kier molecular flexibility index (Phi) is 5.28. The fraction of sp³-hybridized carbons (Fsp3) is 0.211. The van der Waals surface area contributed by atoms with Gasteiger partial charge in [-0.1, -0.05) is 53.5 Å². The number of nitrogens with zero attached hydrogens (tertiary/aromatic N) is 2. The van der Waals surface area contributed by atoms with Crippen LogP contribution in [0.3, 0.4) is 0 Å². The molecule has 0 unspecified atom stereocenters. The fourth-order valence-corrected chi connectivity index (χ4v) is 3.02. The maximum atomic E-state index is 12.8. The summed E-state index contributed by atoms with van der Waals surface area (Å²) in [6.45, 7) is 2.55. The SMILES string of the molecule is CCCCn1nc(C(=O)Nc2cccc(Br)c2)c2ccccc2c1=O. The molecule has 6 heteroatoms. The van der Waals surface area contributed by atoms with Crippen LogP contribution >= 0.6 is 15.9 Å². The quantitative estimate of drug-likeness (QED) is 0.698. The van der Waals surface area contributed by atoms with Gasteiger partial charge in [0.1, 0.15) is 0 Å². The van der Waals surface area contributed by atoms with Gasteiger partial charge in [0.2, 0.25) is 0 Å². The van der Waals surface area contributed by atoms with Crippen molar-refractivity contribution < 1.29 is 4.79 Å². The third kappa shape index (κ3) is 3.79. The van der Waals surface area contributed by atoms with Crippen LogP contribution in [0, 0.1) is 0 Å². The Bertz CT molecular complexity index is 982. The third-order valence-electron chi connectivity index (χ3n) is 3.89. The maximum absolute atomic E-state index is 12.8. The number of hydrogen-bond donors (Lipinski definition) is 1. The molecule has 128 valence electrons. The number of amides is 1. The molecule has 3 aromatic rings. The summed E-state index contributed by atoms with van der Waals surface area (Å²) in [4.78, 5) is 25.3. The largest absolute Gasteiger partial charge is 0.321 e. The van der Waals surface area contributed by atoms with Crippen molar-refractivity contribution in [1.82, 2.24) is 9.78 Å². The minimum Gasteiger partial charge on any atom is -0.321 e. The molecule has 0 aliphatic heterocycles. The van der Waals surface area contributed by atoms with E-state index < -0.39 is 0 Å². The molecule has 0 spiro atoms. The zero-order chi connectivity index (χ0) is 17.8. The minimum atomic E-state index is -0.334. The van der Waals surface area contributed by atoms with Crippen LogP contribution in [0.5, 0.6) is 0 Å². The van der Waals surface area contributed by atoms with E-state index in [4.69, 9.17) is 0 Å². The molecule has 0 aliphatic rings. The Morgan fingerprint density at radius 3 is 2.64 bits per heavy atom. The van der Waals surface area contributed by atoms with E-state index in [1.807, 2.05) is 25.1 Å². The number of carbonyl (C=O) groups is 1. The van der Waals surface area contributed by atoms with Gasteiger partial charge in [0.05, 0.1) is 5.39 Å². The Hall–Kier alpha value is -2.47. The average molecular weight is 400 g/mol. The second-order valence-electron chi connectivity index (χ2n) is 5.74. The summed E-state index contributed by atoms with van der Waals surface area (Å²) in [6.07, 6.45) is 1.78. The predicted molar refractivity (Wildman–Crippen MR) is 103 cm³/mol. The second kappa shape index (κ2) is 7.61. The lowest BCUT2D eigenvalue weighted by molar-refractivity contribution is 0.102. The van der Waals surface area contributed by atoms with Crippen LogP contribution < -0.4 is 10.9 Å². The molecular formula is C19H18BrN3O2. The third-order valence-corrected chi connectivity index (χ3v) is 4.38. The van der Waals surface area contributed by atoms with E-state index in [0.29, 0.717) is 23.0 Å². The Labute approximate surface area is 153 Å². The molecule has 1 amide bonds. The molecule has 0 bridgehead atoms. The van der Waals surface area contributed by atoms with Gasteiger partial charge in [0.25, 0.3) is 11.5 Å². The van der Waals surface area contributed by atoms with Crippen LogP contribution in [0.15, 0.2) is 57.8 Å². The zero-order valence-corrected chi connectivity index (χ0v) is 15.4. The first-order valence-corrected chi connectivity index (χ1v) is 8.96. The molecule has 25 heavy (non-hydrogen) atoms. The highest BCUT2D eigenvalue weighted by atomic mass is 79.9. The van der Waals surface area contributed by atoms with Gasteiger partial charge in [0.15, 0.2) is 5.69 Å². The first kappa shape index (κ1) is 17.4. The monoisotopic (exact) mass is 399 g/mol. The topological polar surface area (TPSA) is 64.0 Å². The molecule has 1 heterocycles. The lowest BCUT2D eigenvalue weighted by atomic mass is 10.1. The average Bonchev–Trinajstić information content (AvgIpc) is 2.61. The molecule has 0 radical (unpaired) electrons. The summed E-state index contributed by atoms with van der Waals surface area (Å²) in [5, 5.41) is 8.25. The molecule has 0 saturated heterocycles. The van der Waals surface area contributed by atoms with Crippen molar-refractivity contribution in [2.45, 2.75) is 26.3 Å². The highest BCUT2D eigenvalue weighted by Crippen LogP contribution is 2.18. The Balaban J connectivity index is 2.06. The molecule has 1 N–H and O–H groups in total. The number of nitrogens with one attached hydrogen (secondary N) is 1. The Morgan fingerprint density at radius 2 is 1.92 bits per heavy atom.